The number of hydrogen-bond acceptors (Lipinski definition) is 4. The Morgan fingerprint density at radius 1 is 0.967 bits per heavy atom. The summed E-state index contributed by atoms with van der Waals surface area (Å²) in [4.78, 5) is 13.0. The Morgan fingerprint density at radius 2 is 1.57 bits per heavy atom. The van der Waals surface area contributed by atoms with Gasteiger partial charge >= 0.3 is 0 Å². The molecule has 1 N–H and O–H groups in total. The number of nitrogens with one attached hydrogen (secondary N) is 1. The van der Waals surface area contributed by atoms with E-state index in [2.05, 4.69) is 5.32 Å². The molecule has 0 unspecified atom stereocenters. The second-order valence-corrected chi connectivity index (χ2v) is 9.82. The fraction of sp³-hybridized carbons (Fsp3) is 0.435. The molecular formula is C23H30N2O4S. The molecule has 0 radical (unpaired) electrons. The molecule has 1 heterocycles. The number of ether oxygens (including phenoxy) is 1. The predicted molar refractivity (Wildman–Crippen MR) is 119 cm³/mol. The van der Waals surface area contributed by atoms with Crippen molar-refractivity contribution < 1.29 is 17.9 Å². The zero-order valence-corrected chi connectivity index (χ0v) is 18.9. The van der Waals surface area contributed by atoms with Gasteiger partial charge in [-0.1, -0.05) is 30.5 Å². The lowest BCUT2D eigenvalue weighted by atomic mass is 10.0. The van der Waals surface area contributed by atoms with Crippen LogP contribution >= 0.6 is 0 Å². The first kappa shape index (κ1) is 22.3. The number of methoxy groups -OCH3 is 1. The molecule has 1 fully saturated rings. The summed E-state index contributed by atoms with van der Waals surface area (Å²) >= 11 is 0. The van der Waals surface area contributed by atoms with Crippen LogP contribution in [0.5, 0.6) is 5.75 Å². The molecule has 2 aromatic rings. The van der Waals surface area contributed by atoms with E-state index >= 15 is 0 Å². The Morgan fingerprint density at radius 3 is 2.13 bits per heavy atom. The molecule has 1 amide bonds. The molecule has 0 bridgehead atoms. The monoisotopic (exact) mass is 430 g/mol. The minimum Gasteiger partial charge on any atom is -0.495 e. The van der Waals surface area contributed by atoms with Gasteiger partial charge in [0, 0.05) is 24.3 Å². The van der Waals surface area contributed by atoms with Gasteiger partial charge in [-0.2, -0.15) is 4.31 Å². The number of sulfonamides is 1. The Bertz CT molecular complexity index is 1020. The lowest BCUT2D eigenvalue weighted by molar-refractivity contribution is 0.102. The molecule has 0 atom stereocenters. The van der Waals surface area contributed by atoms with Gasteiger partial charge in [0.1, 0.15) is 10.6 Å². The zero-order valence-electron chi connectivity index (χ0n) is 18.1. The van der Waals surface area contributed by atoms with E-state index in [9.17, 15) is 13.2 Å². The number of amides is 1. The van der Waals surface area contributed by atoms with Crippen LogP contribution in [0.1, 0.15) is 52.7 Å². The molecule has 30 heavy (non-hydrogen) atoms. The fourth-order valence-electron chi connectivity index (χ4n) is 4.00. The summed E-state index contributed by atoms with van der Waals surface area (Å²) in [7, 11) is -2.31. The van der Waals surface area contributed by atoms with E-state index in [0.29, 0.717) is 13.1 Å². The largest absolute Gasteiger partial charge is 0.495 e. The minimum atomic E-state index is -3.75. The lowest BCUT2D eigenvalue weighted by Crippen LogP contribution is -2.32. The van der Waals surface area contributed by atoms with Gasteiger partial charge in [-0.3, -0.25) is 4.79 Å². The first-order chi connectivity index (χ1) is 14.2. The van der Waals surface area contributed by atoms with Crippen LogP contribution in [0.3, 0.4) is 0 Å². The third kappa shape index (κ3) is 4.68. The van der Waals surface area contributed by atoms with Gasteiger partial charge in [-0.15, -0.1) is 0 Å². The molecule has 0 spiro atoms. The molecule has 162 valence electrons. The molecule has 0 aromatic heterocycles. The SMILES string of the molecule is COc1ccc(C(=O)Nc2c(C)cc(C)cc2C)cc1S(=O)(=O)N1CCCCCC1. The van der Waals surface area contributed by atoms with E-state index < -0.39 is 10.0 Å². The number of carbonyl (C=O) groups is 1. The van der Waals surface area contributed by atoms with E-state index in [0.717, 1.165) is 48.1 Å². The van der Waals surface area contributed by atoms with Gasteiger partial charge < -0.3 is 10.1 Å². The summed E-state index contributed by atoms with van der Waals surface area (Å²) < 4.78 is 33.5. The van der Waals surface area contributed by atoms with Gasteiger partial charge in [-0.25, -0.2) is 8.42 Å². The predicted octanol–water partition coefficient (Wildman–Crippen LogP) is 4.44. The smallest absolute Gasteiger partial charge is 0.255 e. The zero-order chi connectivity index (χ0) is 21.9. The Balaban J connectivity index is 1.95. The van der Waals surface area contributed by atoms with Crippen molar-refractivity contribution in [2.45, 2.75) is 51.3 Å². The first-order valence-electron chi connectivity index (χ1n) is 10.3. The summed E-state index contributed by atoms with van der Waals surface area (Å²) in [6, 6.07) is 8.58. The third-order valence-corrected chi connectivity index (χ3v) is 7.44. The molecule has 1 aliphatic heterocycles. The highest BCUT2D eigenvalue weighted by atomic mass is 32.2. The molecule has 1 aliphatic rings. The van der Waals surface area contributed by atoms with E-state index in [1.807, 2.05) is 32.9 Å². The molecular weight excluding hydrogens is 400 g/mol. The molecule has 6 nitrogen and oxygen atoms in total. The second-order valence-electron chi connectivity index (χ2n) is 7.91. The van der Waals surface area contributed by atoms with Crippen molar-refractivity contribution in [2.75, 3.05) is 25.5 Å². The topological polar surface area (TPSA) is 75.7 Å². The number of hydrogen-bond donors (Lipinski definition) is 1. The first-order valence-corrected chi connectivity index (χ1v) is 11.8. The number of rotatable bonds is 5. The molecule has 3 rings (SSSR count). The minimum absolute atomic E-state index is 0.0388. The number of nitrogens with zero attached hydrogens (tertiary/aromatic N) is 1. The lowest BCUT2D eigenvalue weighted by Gasteiger charge is -2.21. The highest BCUT2D eigenvalue weighted by molar-refractivity contribution is 7.89. The van der Waals surface area contributed by atoms with Crippen molar-refractivity contribution in [1.29, 1.82) is 0 Å². The van der Waals surface area contributed by atoms with Gasteiger partial charge in [0.15, 0.2) is 0 Å². The van der Waals surface area contributed by atoms with Crippen molar-refractivity contribution in [3.05, 3.63) is 52.6 Å². The maximum atomic E-state index is 13.3. The Labute approximate surface area is 179 Å². The maximum Gasteiger partial charge on any atom is 0.255 e. The van der Waals surface area contributed by atoms with Crippen LogP contribution in [0.15, 0.2) is 35.2 Å². The number of anilines is 1. The van der Waals surface area contributed by atoms with Crippen LogP contribution in [-0.2, 0) is 10.0 Å². The highest BCUT2D eigenvalue weighted by Gasteiger charge is 2.29. The standard InChI is InChI=1S/C23H30N2O4S/c1-16-13-17(2)22(18(3)14-16)24-23(26)19-9-10-20(29-4)21(15-19)30(27,28)25-11-7-5-6-8-12-25/h9-10,13-15H,5-8,11-12H2,1-4H3,(H,24,26). The van der Waals surface area contributed by atoms with Gasteiger partial charge in [0.05, 0.1) is 7.11 Å². The molecule has 1 saturated heterocycles. The normalized spacial score (nSPS) is 15.5. The summed E-state index contributed by atoms with van der Waals surface area (Å²) in [6.07, 6.45) is 3.74. The average Bonchev–Trinajstić information content (AvgIpc) is 3.00. The number of benzene rings is 2. The maximum absolute atomic E-state index is 13.3. The number of aryl methyl sites for hydroxylation is 3. The Hall–Kier alpha value is -2.38. The van der Waals surface area contributed by atoms with Crippen LogP contribution in [0, 0.1) is 20.8 Å². The van der Waals surface area contributed by atoms with Crippen LogP contribution < -0.4 is 10.1 Å². The summed E-state index contributed by atoms with van der Waals surface area (Å²) in [5.74, 6) is -0.0986. The molecule has 0 aliphatic carbocycles. The molecule has 7 heteroatoms. The van der Waals surface area contributed by atoms with Crippen molar-refractivity contribution >= 4 is 21.6 Å². The van der Waals surface area contributed by atoms with E-state index in [1.54, 1.807) is 12.1 Å². The van der Waals surface area contributed by atoms with Gasteiger partial charge in [0.2, 0.25) is 10.0 Å². The van der Waals surface area contributed by atoms with E-state index in [4.69, 9.17) is 4.74 Å². The van der Waals surface area contributed by atoms with Crippen molar-refractivity contribution in [2.24, 2.45) is 0 Å². The highest BCUT2D eigenvalue weighted by Crippen LogP contribution is 2.30. The summed E-state index contributed by atoms with van der Waals surface area (Å²) in [6.45, 7) is 6.88. The Kier molecular flexibility index (Phi) is 6.83. The quantitative estimate of drug-likeness (QED) is 0.761. The van der Waals surface area contributed by atoms with Crippen LogP contribution in [0.25, 0.3) is 0 Å². The number of carbonyl (C=O) groups excluding carboxylic acids is 1. The van der Waals surface area contributed by atoms with E-state index in [-0.39, 0.29) is 22.1 Å². The average molecular weight is 431 g/mol. The van der Waals surface area contributed by atoms with Gasteiger partial charge in [0.25, 0.3) is 5.91 Å². The van der Waals surface area contributed by atoms with Crippen molar-refractivity contribution in [1.82, 2.24) is 4.31 Å². The second kappa shape index (κ2) is 9.18. The van der Waals surface area contributed by atoms with Gasteiger partial charge in [-0.05, 0) is 62.9 Å². The third-order valence-electron chi connectivity index (χ3n) is 5.52. The van der Waals surface area contributed by atoms with Crippen LogP contribution in [-0.4, -0.2) is 38.8 Å². The van der Waals surface area contributed by atoms with Crippen LogP contribution in [0.2, 0.25) is 0 Å². The fourth-order valence-corrected chi connectivity index (χ4v) is 5.70. The molecule has 0 saturated carbocycles. The summed E-state index contributed by atoms with van der Waals surface area (Å²) in [5, 5.41) is 2.94. The van der Waals surface area contributed by atoms with Crippen molar-refractivity contribution in [3.63, 3.8) is 0 Å². The van der Waals surface area contributed by atoms with Crippen LogP contribution in [0.4, 0.5) is 5.69 Å². The molecule has 2 aromatic carbocycles. The summed E-state index contributed by atoms with van der Waals surface area (Å²) in [5.41, 5.74) is 4.08. The van der Waals surface area contributed by atoms with Crippen molar-refractivity contribution in [3.8, 4) is 5.75 Å². The van der Waals surface area contributed by atoms with E-state index in [1.165, 1.54) is 17.5 Å².